The fraction of sp³-hybridized carbons (Fsp3) is 0.394. The first-order valence-electron chi connectivity index (χ1n) is 14.9. The van der Waals surface area contributed by atoms with Gasteiger partial charge in [-0.05, 0) is 55.2 Å². The van der Waals surface area contributed by atoms with Crippen molar-refractivity contribution in [2.45, 2.75) is 58.2 Å². The largest absolute Gasteiger partial charge is 0.486 e. The maximum atomic E-state index is 14.0. The number of benzene rings is 3. The summed E-state index contributed by atoms with van der Waals surface area (Å²) in [7, 11) is -3.69. The van der Waals surface area contributed by atoms with Gasteiger partial charge in [-0.25, -0.2) is 8.42 Å². The van der Waals surface area contributed by atoms with E-state index in [2.05, 4.69) is 5.32 Å². The molecule has 0 fully saturated rings. The molecule has 242 valence electrons. The van der Waals surface area contributed by atoms with Gasteiger partial charge in [0.15, 0.2) is 11.5 Å². The molecule has 12 heteroatoms. The topological polar surface area (TPSA) is 105 Å². The Hall–Kier alpha value is -3.47. The third-order valence-corrected chi connectivity index (χ3v) is 9.37. The van der Waals surface area contributed by atoms with Gasteiger partial charge in [-0.15, -0.1) is 0 Å². The Balaban J connectivity index is 1.60. The fourth-order valence-electron chi connectivity index (χ4n) is 5.02. The van der Waals surface area contributed by atoms with Crippen molar-refractivity contribution in [2.24, 2.45) is 0 Å². The Morgan fingerprint density at radius 1 is 0.978 bits per heavy atom. The molecule has 1 N–H and O–H groups in total. The SMILES string of the molecule is CC[C@@H](C)NC(=O)[C@@H](Cc1ccccc1)N(Cc1ccc(Cl)cc1Cl)C(=O)CCCN(c1ccc2c(c1)OCCO2)S(C)(=O)=O. The van der Waals surface area contributed by atoms with Gasteiger partial charge in [-0.1, -0.05) is 66.5 Å². The highest BCUT2D eigenvalue weighted by Gasteiger charge is 2.31. The van der Waals surface area contributed by atoms with Gasteiger partial charge in [-0.2, -0.15) is 0 Å². The molecule has 45 heavy (non-hydrogen) atoms. The molecule has 0 bridgehead atoms. The molecule has 0 unspecified atom stereocenters. The van der Waals surface area contributed by atoms with E-state index in [0.717, 1.165) is 18.2 Å². The average molecular weight is 677 g/mol. The third kappa shape index (κ3) is 9.51. The highest BCUT2D eigenvalue weighted by atomic mass is 35.5. The van der Waals surface area contributed by atoms with E-state index in [0.29, 0.717) is 46.0 Å². The lowest BCUT2D eigenvalue weighted by Gasteiger charge is -2.33. The molecule has 0 saturated carbocycles. The summed E-state index contributed by atoms with van der Waals surface area (Å²) in [5.74, 6) is 0.424. The molecule has 1 aliphatic rings. The van der Waals surface area contributed by atoms with E-state index in [9.17, 15) is 18.0 Å². The van der Waals surface area contributed by atoms with Crippen molar-refractivity contribution in [1.82, 2.24) is 10.2 Å². The maximum Gasteiger partial charge on any atom is 0.243 e. The van der Waals surface area contributed by atoms with E-state index in [1.807, 2.05) is 44.2 Å². The van der Waals surface area contributed by atoms with E-state index < -0.39 is 16.1 Å². The van der Waals surface area contributed by atoms with Crippen molar-refractivity contribution in [3.8, 4) is 11.5 Å². The number of fused-ring (bicyclic) bond motifs is 1. The minimum Gasteiger partial charge on any atom is -0.486 e. The van der Waals surface area contributed by atoms with Crippen molar-refractivity contribution < 1.29 is 27.5 Å². The molecule has 1 heterocycles. The van der Waals surface area contributed by atoms with E-state index in [1.54, 1.807) is 36.4 Å². The number of ether oxygens (including phenoxy) is 2. The Morgan fingerprint density at radius 3 is 2.36 bits per heavy atom. The lowest BCUT2D eigenvalue weighted by molar-refractivity contribution is -0.141. The van der Waals surface area contributed by atoms with Crippen LogP contribution in [0.4, 0.5) is 5.69 Å². The Kier molecular flexibility index (Phi) is 12.0. The molecule has 0 saturated heterocycles. The zero-order valence-electron chi connectivity index (χ0n) is 25.7. The quantitative estimate of drug-likeness (QED) is 0.229. The molecule has 2 atom stereocenters. The van der Waals surface area contributed by atoms with Crippen LogP contribution in [0.2, 0.25) is 10.0 Å². The van der Waals surface area contributed by atoms with Crippen molar-refractivity contribution in [2.75, 3.05) is 30.3 Å². The summed E-state index contributed by atoms with van der Waals surface area (Å²) in [6, 6.07) is 18.5. The molecule has 2 amide bonds. The van der Waals surface area contributed by atoms with Crippen molar-refractivity contribution in [1.29, 1.82) is 0 Å². The van der Waals surface area contributed by atoms with Gasteiger partial charge < -0.3 is 19.7 Å². The highest BCUT2D eigenvalue weighted by Crippen LogP contribution is 2.35. The minimum absolute atomic E-state index is 0.0102. The molecule has 1 aliphatic heterocycles. The number of hydrogen-bond acceptors (Lipinski definition) is 6. The van der Waals surface area contributed by atoms with Crippen LogP contribution in [0.1, 0.15) is 44.2 Å². The number of sulfonamides is 1. The summed E-state index contributed by atoms with van der Waals surface area (Å²) in [5.41, 5.74) is 1.94. The van der Waals surface area contributed by atoms with Crippen LogP contribution in [0.15, 0.2) is 66.7 Å². The monoisotopic (exact) mass is 675 g/mol. The normalized spacial score (nSPS) is 13.9. The molecule has 3 aromatic rings. The first kappa shape index (κ1) is 34.4. The van der Waals surface area contributed by atoms with Crippen LogP contribution < -0.4 is 19.1 Å². The van der Waals surface area contributed by atoms with Gasteiger partial charge in [0.2, 0.25) is 21.8 Å². The number of hydrogen-bond donors (Lipinski definition) is 1. The fourth-order valence-corrected chi connectivity index (χ4v) is 6.45. The zero-order valence-corrected chi connectivity index (χ0v) is 28.0. The van der Waals surface area contributed by atoms with E-state index in [1.165, 1.54) is 9.21 Å². The lowest BCUT2D eigenvalue weighted by atomic mass is 10.0. The first-order chi connectivity index (χ1) is 21.5. The molecule has 0 aromatic heterocycles. The second-order valence-electron chi connectivity index (χ2n) is 11.0. The van der Waals surface area contributed by atoms with Crippen LogP contribution >= 0.6 is 23.2 Å². The number of rotatable bonds is 14. The minimum atomic E-state index is -3.69. The van der Waals surface area contributed by atoms with Gasteiger partial charge >= 0.3 is 0 Å². The number of carbonyl (C=O) groups is 2. The summed E-state index contributed by atoms with van der Waals surface area (Å²) in [5, 5.41) is 3.87. The molecule has 4 rings (SSSR count). The van der Waals surface area contributed by atoms with Gasteiger partial charge in [-0.3, -0.25) is 13.9 Å². The smallest absolute Gasteiger partial charge is 0.243 e. The van der Waals surface area contributed by atoms with Crippen molar-refractivity contribution in [3.05, 3.63) is 87.9 Å². The van der Waals surface area contributed by atoms with Crippen LogP contribution in [0.25, 0.3) is 0 Å². The maximum absolute atomic E-state index is 14.0. The van der Waals surface area contributed by atoms with Crippen LogP contribution in [0.5, 0.6) is 11.5 Å². The first-order valence-corrected chi connectivity index (χ1v) is 17.5. The van der Waals surface area contributed by atoms with Crippen LogP contribution in [0.3, 0.4) is 0 Å². The number of halogens is 2. The van der Waals surface area contributed by atoms with Crippen molar-refractivity contribution >= 4 is 50.7 Å². The Bertz CT molecular complexity index is 1590. The zero-order chi connectivity index (χ0) is 32.6. The molecule has 3 aromatic carbocycles. The van der Waals surface area contributed by atoms with Gasteiger partial charge in [0.05, 0.1) is 11.9 Å². The lowest BCUT2D eigenvalue weighted by Crippen LogP contribution is -2.52. The predicted molar refractivity (Wildman–Crippen MR) is 178 cm³/mol. The number of anilines is 1. The summed E-state index contributed by atoms with van der Waals surface area (Å²) >= 11 is 12.7. The van der Waals surface area contributed by atoms with Gasteiger partial charge in [0, 0.05) is 48.1 Å². The standard InChI is InChI=1S/C33H39Cl2N3O6S/c1-4-23(2)36-33(40)29(19-24-9-6-5-7-10-24)37(22-25-12-13-26(34)20-28(25)35)32(39)11-8-16-38(45(3,41)42)27-14-15-30-31(21-27)44-18-17-43-30/h5-7,9-10,12-15,20-21,23,29H,4,8,11,16-19,22H2,1-3H3,(H,36,40)/t23-,29-/m1/s1. The van der Waals surface area contributed by atoms with E-state index in [-0.39, 0.29) is 50.2 Å². The second kappa shape index (κ2) is 15.7. The summed E-state index contributed by atoms with van der Waals surface area (Å²) in [6.07, 6.45) is 2.32. The van der Waals surface area contributed by atoms with Crippen LogP contribution in [0, 0.1) is 0 Å². The van der Waals surface area contributed by atoms with E-state index >= 15 is 0 Å². The van der Waals surface area contributed by atoms with Gasteiger partial charge in [0.25, 0.3) is 0 Å². The summed E-state index contributed by atoms with van der Waals surface area (Å²) < 4.78 is 38.1. The number of amides is 2. The van der Waals surface area contributed by atoms with Crippen LogP contribution in [-0.4, -0.2) is 63.2 Å². The average Bonchev–Trinajstić information content (AvgIpc) is 3.01. The molecular formula is C33H39Cl2N3O6S. The molecule has 0 aliphatic carbocycles. The Labute approximate surface area is 275 Å². The molecule has 9 nitrogen and oxygen atoms in total. The Morgan fingerprint density at radius 2 is 1.69 bits per heavy atom. The molecule has 0 radical (unpaired) electrons. The molecular weight excluding hydrogens is 637 g/mol. The highest BCUT2D eigenvalue weighted by molar-refractivity contribution is 7.92. The molecule has 0 spiro atoms. The van der Waals surface area contributed by atoms with Gasteiger partial charge in [0.1, 0.15) is 19.3 Å². The van der Waals surface area contributed by atoms with Crippen molar-refractivity contribution in [3.63, 3.8) is 0 Å². The summed E-state index contributed by atoms with van der Waals surface area (Å²) in [4.78, 5) is 29.3. The van der Waals surface area contributed by atoms with Crippen LogP contribution in [-0.2, 0) is 32.6 Å². The van der Waals surface area contributed by atoms with E-state index in [4.69, 9.17) is 32.7 Å². The predicted octanol–water partition coefficient (Wildman–Crippen LogP) is 5.87. The summed E-state index contributed by atoms with van der Waals surface area (Å²) in [6.45, 7) is 4.79. The number of nitrogens with one attached hydrogen (secondary N) is 1. The third-order valence-electron chi connectivity index (χ3n) is 7.59. The second-order valence-corrected chi connectivity index (χ2v) is 13.8. The number of nitrogens with zero attached hydrogens (tertiary/aromatic N) is 2. The number of carbonyl (C=O) groups excluding carboxylic acids is 2.